The maximum atomic E-state index is 12.6. The Morgan fingerprint density at radius 2 is 2.00 bits per heavy atom. The summed E-state index contributed by atoms with van der Waals surface area (Å²) in [7, 11) is 1.55. The second-order valence-electron chi connectivity index (χ2n) is 4.62. The molecule has 0 heterocycles. The first kappa shape index (κ1) is 14.6. The van der Waals surface area contributed by atoms with Crippen molar-refractivity contribution in [3.8, 4) is 5.75 Å². The first-order valence-electron chi connectivity index (χ1n) is 6.63. The van der Waals surface area contributed by atoms with Gasteiger partial charge in [0.05, 0.1) is 12.7 Å². The number of benzene rings is 2. The van der Waals surface area contributed by atoms with Crippen LogP contribution in [0.2, 0.25) is 5.02 Å². The highest BCUT2D eigenvalue weighted by atomic mass is 35.5. The lowest BCUT2D eigenvalue weighted by Gasteiger charge is -2.09. The summed E-state index contributed by atoms with van der Waals surface area (Å²) in [4.78, 5) is 12.6. The van der Waals surface area contributed by atoms with Crippen molar-refractivity contribution in [3.63, 3.8) is 0 Å². The summed E-state index contributed by atoms with van der Waals surface area (Å²) in [6, 6.07) is 12.8. The number of methoxy groups -OCH3 is 1. The van der Waals surface area contributed by atoms with Crippen molar-refractivity contribution >= 4 is 17.4 Å². The fourth-order valence-electron chi connectivity index (χ4n) is 2.17. The van der Waals surface area contributed by atoms with E-state index in [1.165, 1.54) is 5.56 Å². The van der Waals surface area contributed by atoms with Gasteiger partial charge in [0.15, 0.2) is 5.78 Å². The predicted octanol–water partition coefficient (Wildman–Crippen LogP) is 4.53. The maximum absolute atomic E-state index is 12.6. The number of rotatable bonds is 5. The molecule has 0 amide bonds. The zero-order valence-electron chi connectivity index (χ0n) is 11.7. The Labute approximate surface area is 124 Å². The van der Waals surface area contributed by atoms with Gasteiger partial charge >= 0.3 is 0 Å². The lowest BCUT2D eigenvalue weighted by Crippen LogP contribution is -2.04. The average Bonchev–Trinajstić information content (AvgIpc) is 2.47. The Hall–Kier alpha value is -1.80. The normalized spacial score (nSPS) is 10.3. The van der Waals surface area contributed by atoms with E-state index < -0.39 is 0 Å². The highest BCUT2D eigenvalue weighted by molar-refractivity contribution is 6.31. The minimum Gasteiger partial charge on any atom is -0.496 e. The number of halogens is 1. The van der Waals surface area contributed by atoms with Crippen LogP contribution in [0.1, 0.15) is 34.8 Å². The molecule has 2 aromatic carbocycles. The molecule has 0 atom stereocenters. The number of hydrogen-bond donors (Lipinski definition) is 0. The molecule has 0 aliphatic carbocycles. The Morgan fingerprint density at radius 1 is 1.20 bits per heavy atom. The number of ketones is 1. The topological polar surface area (TPSA) is 26.3 Å². The molecule has 0 aliphatic heterocycles. The summed E-state index contributed by atoms with van der Waals surface area (Å²) in [5, 5.41) is 0.527. The van der Waals surface area contributed by atoms with Gasteiger partial charge in [-0.3, -0.25) is 4.79 Å². The Kier molecular flexibility index (Phi) is 4.80. The lowest BCUT2D eigenvalue weighted by molar-refractivity contribution is 0.103. The van der Waals surface area contributed by atoms with Crippen LogP contribution in [0.5, 0.6) is 5.75 Å². The zero-order valence-corrected chi connectivity index (χ0v) is 12.4. The number of hydrogen-bond acceptors (Lipinski definition) is 2. The SMILES string of the molecule is CCCc1cccc(C(=O)c2cc(Cl)ccc2OC)c1. The molecule has 2 rings (SSSR count). The summed E-state index contributed by atoms with van der Waals surface area (Å²) in [6.45, 7) is 2.12. The number of aryl methyl sites for hydroxylation is 1. The van der Waals surface area contributed by atoms with Crippen molar-refractivity contribution in [1.29, 1.82) is 0 Å². The van der Waals surface area contributed by atoms with E-state index in [2.05, 4.69) is 6.92 Å². The number of carbonyl (C=O) groups is 1. The second-order valence-corrected chi connectivity index (χ2v) is 5.06. The minimum atomic E-state index is -0.0673. The quantitative estimate of drug-likeness (QED) is 0.756. The third kappa shape index (κ3) is 3.20. The Bertz CT molecular complexity index is 620. The van der Waals surface area contributed by atoms with Gasteiger partial charge in [0, 0.05) is 10.6 Å². The van der Waals surface area contributed by atoms with Crippen molar-refractivity contribution in [3.05, 3.63) is 64.2 Å². The van der Waals surface area contributed by atoms with Crippen molar-refractivity contribution in [1.82, 2.24) is 0 Å². The summed E-state index contributed by atoms with van der Waals surface area (Å²) in [5.74, 6) is 0.475. The molecule has 0 bridgehead atoms. The van der Waals surface area contributed by atoms with Crippen LogP contribution < -0.4 is 4.74 Å². The Morgan fingerprint density at radius 3 is 2.70 bits per heavy atom. The largest absolute Gasteiger partial charge is 0.496 e. The molecule has 2 nitrogen and oxygen atoms in total. The standard InChI is InChI=1S/C17H17ClO2/c1-3-5-12-6-4-7-13(10-12)17(19)15-11-14(18)8-9-16(15)20-2/h4,6-11H,3,5H2,1-2H3. The van der Waals surface area contributed by atoms with Gasteiger partial charge in [-0.05, 0) is 36.2 Å². The first-order valence-corrected chi connectivity index (χ1v) is 7.00. The van der Waals surface area contributed by atoms with Crippen molar-refractivity contribution in [2.45, 2.75) is 19.8 Å². The van der Waals surface area contributed by atoms with Gasteiger partial charge in [0.25, 0.3) is 0 Å². The van der Waals surface area contributed by atoms with Crippen molar-refractivity contribution in [2.75, 3.05) is 7.11 Å². The van der Waals surface area contributed by atoms with Crippen LogP contribution in [0.4, 0.5) is 0 Å². The monoisotopic (exact) mass is 288 g/mol. The highest BCUT2D eigenvalue weighted by Crippen LogP contribution is 2.25. The molecular weight excluding hydrogens is 272 g/mol. The van der Waals surface area contributed by atoms with Gasteiger partial charge in [-0.1, -0.05) is 43.1 Å². The fraction of sp³-hybridized carbons (Fsp3) is 0.235. The van der Waals surface area contributed by atoms with Gasteiger partial charge in [-0.2, -0.15) is 0 Å². The van der Waals surface area contributed by atoms with Crippen LogP contribution in [0.25, 0.3) is 0 Å². The first-order chi connectivity index (χ1) is 9.65. The summed E-state index contributed by atoms with van der Waals surface area (Å²) in [6.07, 6.45) is 2.02. The van der Waals surface area contributed by atoms with Gasteiger partial charge in [-0.25, -0.2) is 0 Å². The van der Waals surface area contributed by atoms with Crippen LogP contribution in [0.3, 0.4) is 0 Å². The molecule has 0 fully saturated rings. The molecule has 0 unspecified atom stereocenters. The van der Waals surface area contributed by atoms with E-state index in [9.17, 15) is 4.79 Å². The summed E-state index contributed by atoms with van der Waals surface area (Å²) >= 11 is 5.98. The average molecular weight is 289 g/mol. The molecule has 3 heteroatoms. The molecule has 104 valence electrons. The molecule has 0 saturated heterocycles. The Balaban J connectivity index is 2.40. The van der Waals surface area contributed by atoms with E-state index in [1.807, 2.05) is 24.3 Å². The molecule has 0 spiro atoms. The molecule has 0 aliphatic rings. The van der Waals surface area contributed by atoms with E-state index >= 15 is 0 Å². The molecule has 0 aromatic heterocycles. The predicted molar refractivity (Wildman–Crippen MR) is 81.9 cm³/mol. The van der Waals surface area contributed by atoms with Crippen LogP contribution in [-0.2, 0) is 6.42 Å². The van der Waals surface area contributed by atoms with Crippen LogP contribution in [0, 0.1) is 0 Å². The molecular formula is C17H17ClO2. The third-order valence-corrected chi connectivity index (χ3v) is 3.37. The molecule has 2 aromatic rings. The molecule has 0 N–H and O–H groups in total. The smallest absolute Gasteiger partial charge is 0.196 e. The van der Waals surface area contributed by atoms with Crippen molar-refractivity contribution in [2.24, 2.45) is 0 Å². The van der Waals surface area contributed by atoms with E-state index in [0.717, 1.165) is 12.8 Å². The van der Waals surface area contributed by atoms with Gasteiger partial charge in [0.2, 0.25) is 0 Å². The number of carbonyl (C=O) groups excluding carboxylic acids is 1. The van der Waals surface area contributed by atoms with Gasteiger partial charge in [0.1, 0.15) is 5.75 Å². The highest BCUT2D eigenvalue weighted by Gasteiger charge is 2.15. The third-order valence-electron chi connectivity index (χ3n) is 3.13. The van der Waals surface area contributed by atoms with E-state index in [4.69, 9.17) is 16.3 Å². The van der Waals surface area contributed by atoms with E-state index in [-0.39, 0.29) is 5.78 Å². The van der Waals surface area contributed by atoms with Crippen LogP contribution >= 0.6 is 11.6 Å². The lowest BCUT2D eigenvalue weighted by atomic mass is 9.99. The second kappa shape index (κ2) is 6.58. The summed E-state index contributed by atoms with van der Waals surface area (Å²) in [5.41, 5.74) is 2.32. The molecule has 20 heavy (non-hydrogen) atoms. The molecule has 0 saturated carbocycles. The molecule has 0 radical (unpaired) electrons. The fourth-order valence-corrected chi connectivity index (χ4v) is 2.34. The maximum Gasteiger partial charge on any atom is 0.196 e. The minimum absolute atomic E-state index is 0.0673. The van der Waals surface area contributed by atoms with Crippen LogP contribution in [-0.4, -0.2) is 12.9 Å². The van der Waals surface area contributed by atoms with Crippen LogP contribution in [0.15, 0.2) is 42.5 Å². The van der Waals surface area contributed by atoms with Gasteiger partial charge in [-0.15, -0.1) is 0 Å². The van der Waals surface area contributed by atoms with E-state index in [0.29, 0.717) is 21.9 Å². The van der Waals surface area contributed by atoms with E-state index in [1.54, 1.807) is 25.3 Å². The summed E-state index contributed by atoms with van der Waals surface area (Å²) < 4.78 is 5.24. The van der Waals surface area contributed by atoms with Gasteiger partial charge < -0.3 is 4.74 Å². The van der Waals surface area contributed by atoms with Crippen molar-refractivity contribution < 1.29 is 9.53 Å². The number of ether oxygens (including phenoxy) is 1. The zero-order chi connectivity index (χ0) is 14.5.